The number of carboxylic acids is 1. The molecule has 0 radical (unpaired) electrons. The number of carboxylic acid groups (broad SMARTS) is 1. The van der Waals surface area contributed by atoms with Crippen LogP contribution in [0.3, 0.4) is 0 Å². The van der Waals surface area contributed by atoms with Gasteiger partial charge in [0, 0.05) is 6.08 Å². The molecule has 1 aromatic rings. The Morgan fingerprint density at radius 2 is 2.26 bits per heavy atom. The van der Waals surface area contributed by atoms with Crippen molar-refractivity contribution in [3.8, 4) is 5.75 Å². The molecule has 0 spiro atoms. The summed E-state index contributed by atoms with van der Waals surface area (Å²) in [7, 11) is 1.65. The molecule has 1 fully saturated rings. The summed E-state index contributed by atoms with van der Waals surface area (Å²) in [5, 5.41) is 8.78. The van der Waals surface area contributed by atoms with Crippen molar-refractivity contribution < 1.29 is 19.4 Å². The molecule has 4 heteroatoms. The smallest absolute Gasteiger partial charge is 0.328 e. The quantitative estimate of drug-likeness (QED) is 0.826. The topological polar surface area (TPSA) is 55.8 Å². The minimum Gasteiger partial charge on any atom is -0.496 e. The molecular weight excluding hydrogens is 244 g/mol. The molecule has 1 aliphatic heterocycles. The van der Waals surface area contributed by atoms with E-state index in [1.807, 2.05) is 12.1 Å². The van der Waals surface area contributed by atoms with E-state index >= 15 is 0 Å². The maximum absolute atomic E-state index is 10.7. The van der Waals surface area contributed by atoms with Crippen molar-refractivity contribution in [3.63, 3.8) is 0 Å². The normalized spacial score (nSPS) is 17.2. The lowest BCUT2D eigenvalue weighted by atomic mass is 9.77. The van der Waals surface area contributed by atoms with Gasteiger partial charge in [-0.3, -0.25) is 0 Å². The van der Waals surface area contributed by atoms with E-state index in [1.165, 1.54) is 6.08 Å². The number of ether oxygens (including phenoxy) is 2. The average Bonchev–Trinajstić information content (AvgIpc) is 2.36. The van der Waals surface area contributed by atoms with Gasteiger partial charge in [0.15, 0.2) is 0 Å². The third-order valence-corrected chi connectivity index (χ3v) is 3.50. The zero-order valence-electron chi connectivity index (χ0n) is 11.2. The predicted molar refractivity (Wildman–Crippen MR) is 71.6 cm³/mol. The highest BCUT2D eigenvalue weighted by atomic mass is 16.5. The van der Waals surface area contributed by atoms with Crippen LogP contribution in [0.2, 0.25) is 0 Å². The summed E-state index contributed by atoms with van der Waals surface area (Å²) in [4.78, 5) is 10.7. The molecule has 19 heavy (non-hydrogen) atoms. The molecule has 1 saturated heterocycles. The first-order valence-corrected chi connectivity index (χ1v) is 6.28. The van der Waals surface area contributed by atoms with E-state index in [9.17, 15) is 4.79 Å². The number of methoxy groups -OCH3 is 1. The second-order valence-electron chi connectivity index (χ2n) is 4.70. The summed E-state index contributed by atoms with van der Waals surface area (Å²) >= 11 is 0. The van der Waals surface area contributed by atoms with E-state index < -0.39 is 5.97 Å². The lowest BCUT2D eigenvalue weighted by molar-refractivity contribution is -0.131. The molecule has 1 aliphatic rings. The Labute approximate surface area is 112 Å². The number of benzene rings is 1. The molecule has 102 valence electrons. The van der Waals surface area contributed by atoms with E-state index in [1.54, 1.807) is 13.2 Å². The number of rotatable bonds is 5. The third-order valence-electron chi connectivity index (χ3n) is 3.50. The Hall–Kier alpha value is -1.81. The van der Waals surface area contributed by atoms with Crippen molar-refractivity contribution in [1.82, 2.24) is 0 Å². The lowest BCUT2D eigenvalue weighted by Crippen LogP contribution is -2.45. The molecule has 2 rings (SSSR count). The van der Waals surface area contributed by atoms with Gasteiger partial charge >= 0.3 is 5.97 Å². The summed E-state index contributed by atoms with van der Waals surface area (Å²) in [6.07, 6.45) is 3.79. The van der Waals surface area contributed by atoms with E-state index in [0.29, 0.717) is 13.2 Å². The van der Waals surface area contributed by atoms with Gasteiger partial charge in [-0.15, -0.1) is 0 Å². The average molecular weight is 262 g/mol. The molecule has 0 unspecified atom stereocenters. The molecule has 0 aliphatic carbocycles. The maximum Gasteiger partial charge on any atom is 0.328 e. The van der Waals surface area contributed by atoms with Crippen LogP contribution >= 0.6 is 0 Å². The molecule has 0 amide bonds. The first kappa shape index (κ1) is 13.6. The van der Waals surface area contributed by atoms with Crippen molar-refractivity contribution in [1.29, 1.82) is 0 Å². The monoisotopic (exact) mass is 262 g/mol. The highest BCUT2D eigenvalue weighted by Crippen LogP contribution is 2.36. The van der Waals surface area contributed by atoms with Gasteiger partial charge in [0.2, 0.25) is 0 Å². The van der Waals surface area contributed by atoms with Crippen LogP contribution in [0.25, 0.3) is 0 Å². The zero-order valence-corrected chi connectivity index (χ0v) is 11.2. The van der Waals surface area contributed by atoms with Crippen LogP contribution in [-0.4, -0.2) is 31.4 Å². The minimum atomic E-state index is -0.935. The number of hydrogen-bond donors (Lipinski definition) is 1. The second-order valence-corrected chi connectivity index (χ2v) is 4.70. The summed E-state index contributed by atoms with van der Waals surface area (Å²) in [6.45, 7) is 3.11. The van der Waals surface area contributed by atoms with E-state index in [4.69, 9.17) is 14.6 Å². The van der Waals surface area contributed by atoms with Gasteiger partial charge in [-0.1, -0.05) is 25.1 Å². The van der Waals surface area contributed by atoms with E-state index in [0.717, 1.165) is 23.3 Å². The summed E-state index contributed by atoms with van der Waals surface area (Å²) in [5.41, 5.74) is 1.89. The van der Waals surface area contributed by atoms with Gasteiger partial charge in [0.05, 0.1) is 25.7 Å². The van der Waals surface area contributed by atoms with E-state index in [-0.39, 0.29) is 5.41 Å². The van der Waals surface area contributed by atoms with E-state index in [2.05, 4.69) is 13.0 Å². The van der Waals surface area contributed by atoms with Crippen molar-refractivity contribution >= 4 is 5.97 Å². The predicted octanol–water partition coefficient (Wildman–Crippen LogP) is 2.17. The standard InChI is InChI=1S/C15H18O4/c1-3-11-8-12(4-5-13(11)18-2)15(9-19-10-15)7-6-14(16)17/h4-8H,3,9-10H2,1-2H3,(H,16,17)/b7-6+. The SMILES string of the molecule is CCc1cc(C2(/C=C/C(=O)O)COC2)ccc1OC. The van der Waals surface area contributed by atoms with Crippen LogP contribution in [0.4, 0.5) is 0 Å². The van der Waals surface area contributed by atoms with Gasteiger partial charge in [0.25, 0.3) is 0 Å². The molecule has 1 N–H and O–H groups in total. The van der Waals surface area contributed by atoms with Crippen molar-refractivity contribution in [2.24, 2.45) is 0 Å². The van der Waals surface area contributed by atoms with Crippen LogP contribution < -0.4 is 4.74 Å². The number of carbonyl (C=O) groups is 1. The molecule has 0 aromatic heterocycles. The Balaban J connectivity index is 2.36. The van der Waals surface area contributed by atoms with Crippen molar-refractivity contribution in [2.75, 3.05) is 20.3 Å². The third kappa shape index (κ3) is 2.63. The lowest BCUT2D eigenvalue weighted by Gasteiger charge is -2.39. The van der Waals surface area contributed by atoms with Crippen LogP contribution in [0, 0.1) is 0 Å². The van der Waals surface area contributed by atoms with Crippen LogP contribution in [0.15, 0.2) is 30.4 Å². The van der Waals surface area contributed by atoms with Crippen molar-refractivity contribution in [2.45, 2.75) is 18.8 Å². The van der Waals surface area contributed by atoms with Crippen molar-refractivity contribution in [3.05, 3.63) is 41.5 Å². The molecule has 1 aromatic carbocycles. The van der Waals surface area contributed by atoms with Crippen LogP contribution in [0.5, 0.6) is 5.75 Å². The Bertz CT molecular complexity index is 501. The Morgan fingerprint density at radius 3 is 2.74 bits per heavy atom. The first-order chi connectivity index (χ1) is 9.11. The molecule has 4 nitrogen and oxygen atoms in total. The Kier molecular flexibility index (Phi) is 3.90. The van der Waals surface area contributed by atoms with Gasteiger partial charge in [0.1, 0.15) is 5.75 Å². The molecule has 0 saturated carbocycles. The fourth-order valence-corrected chi connectivity index (χ4v) is 2.28. The van der Waals surface area contributed by atoms with Gasteiger partial charge < -0.3 is 14.6 Å². The number of aryl methyl sites for hydroxylation is 1. The minimum absolute atomic E-state index is 0.311. The highest BCUT2D eigenvalue weighted by Gasteiger charge is 2.38. The second kappa shape index (κ2) is 5.45. The fraction of sp³-hybridized carbons (Fsp3) is 0.400. The maximum atomic E-state index is 10.7. The molecule has 1 heterocycles. The highest BCUT2D eigenvalue weighted by molar-refractivity contribution is 5.80. The van der Waals surface area contributed by atoms with Gasteiger partial charge in [-0.2, -0.15) is 0 Å². The molecule has 0 atom stereocenters. The first-order valence-electron chi connectivity index (χ1n) is 6.28. The number of hydrogen-bond acceptors (Lipinski definition) is 3. The Morgan fingerprint density at radius 1 is 1.53 bits per heavy atom. The van der Waals surface area contributed by atoms with Crippen LogP contribution in [-0.2, 0) is 21.4 Å². The molecule has 0 bridgehead atoms. The molecular formula is C15H18O4. The largest absolute Gasteiger partial charge is 0.496 e. The van der Waals surface area contributed by atoms with Gasteiger partial charge in [-0.05, 0) is 23.6 Å². The summed E-state index contributed by atoms with van der Waals surface area (Å²) in [5.74, 6) is -0.0700. The van der Waals surface area contributed by atoms with Gasteiger partial charge in [-0.25, -0.2) is 4.79 Å². The summed E-state index contributed by atoms with van der Waals surface area (Å²) in [6, 6.07) is 5.99. The fourth-order valence-electron chi connectivity index (χ4n) is 2.28. The number of aliphatic carboxylic acids is 1. The zero-order chi connectivity index (χ0) is 13.9. The van der Waals surface area contributed by atoms with Crippen LogP contribution in [0.1, 0.15) is 18.1 Å². The summed E-state index contributed by atoms with van der Waals surface area (Å²) < 4.78 is 10.6.